The number of hydrogen-bond acceptors (Lipinski definition) is 5. The Morgan fingerprint density at radius 3 is 2.94 bits per heavy atom. The van der Waals surface area contributed by atoms with Gasteiger partial charge in [0.15, 0.2) is 0 Å². The molecule has 0 aliphatic carbocycles. The molecule has 8 heteroatoms. The zero-order chi connectivity index (χ0) is 13.1. The Morgan fingerprint density at radius 1 is 1.56 bits per heavy atom. The van der Waals surface area contributed by atoms with Crippen molar-refractivity contribution in [2.45, 2.75) is 25.2 Å². The van der Waals surface area contributed by atoms with Crippen molar-refractivity contribution in [1.29, 1.82) is 0 Å². The van der Waals surface area contributed by atoms with Crippen LogP contribution in [0.2, 0.25) is 0 Å². The van der Waals surface area contributed by atoms with Crippen LogP contribution in [0.15, 0.2) is 15.8 Å². The second-order valence-corrected chi connectivity index (χ2v) is 3.94. The third kappa shape index (κ3) is 2.34. The highest BCUT2D eigenvalue weighted by Gasteiger charge is 2.27. The molecule has 1 saturated heterocycles. The number of ether oxygens (including phenoxy) is 1. The molecule has 2 heterocycles. The summed E-state index contributed by atoms with van der Waals surface area (Å²) in [6.07, 6.45) is 1.92. The molecule has 1 aliphatic rings. The fraction of sp³-hybridized carbons (Fsp3) is 0.500. The van der Waals surface area contributed by atoms with Gasteiger partial charge in [-0.2, -0.15) is 0 Å². The minimum Gasteiger partial charge on any atom is -0.394 e. The molecule has 1 aliphatic heterocycles. The summed E-state index contributed by atoms with van der Waals surface area (Å²) >= 11 is 0. The molecule has 1 aromatic heterocycles. The second-order valence-electron chi connectivity index (χ2n) is 3.94. The summed E-state index contributed by atoms with van der Waals surface area (Å²) in [7, 11) is 0. The van der Waals surface area contributed by atoms with E-state index in [2.05, 4.69) is 10.3 Å². The lowest BCUT2D eigenvalue weighted by Gasteiger charge is -2.15. The van der Waals surface area contributed by atoms with Crippen LogP contribution in [0.4, 0.5) is 5.69 Å². The fourth-order valence-electron chi connectivity index (χ4n) is 1.89. The Kier molecular flexibility index (Phi) is 3.58. The van der Waals surface area contributed by atoms with Crippen LogP contribution in [-0.4, -0.2) is 33.8 Å². The predicted molar refractivity (Wildman–Crippen MR) is 61.2 cm³/mol. The van der Waals surface area contributed by atoms with Gasteiger partial charge in [-0.05, 0) is 12.8 Å². The Hall–Kier alpha value is -1.93. The normalized spacial score (nSPS) is 22.9. The number of hydrogen-bond donors (Lipinski definition) is 3. The largest absolute Gasteiger partial charge is 0.394 e. The maximum absolute atomic E-state index is 11.6. The van der Waals surface area contributed by atoms with E-state index in [1.54, 1.807) is 0 Å². The highest BCUT2D eigenvalue weighted by Crippen LogP contribution is 2.26. The first kappa shape index (κ1) is 12.5. The minimum atomic E-state index is -0.667. The first-order valence-corrected chi connectivity index (χ1v) is 5.47. The molecule has 1 aromatic rings. The van der Waals surface area contributed by atoms with Gasteiger partial charge in [0, 0.05) is 6.20 Å². The third-order valence-electron chi connectivity index (χ3n) is 2.78. The summed E-state index contributed by atoms with van der Waals surface area (Å²) in [4.78, 5) is 35.4. The molecule has 2 atom stereocenters. The van der Waals surface area contributed by atoms with Gasteiger partial charge in [-0.1, -0.05) is 0 Å². The molecule has 98 valence electrons. The summed E-state index contributed by atoms with van der Waals surface area (Å²) in [5.41, 5.74) is -1.30. The molecule has 3 N–H and O–H groups in total. The van der Waals surface area contributed by atoms with E-state index in [0.29, 0.717) is 19.3 Å². The molecule has 0 radical (unpaired) electrons. The Labute approximate surface area is 101 Å². The number of aliphatic hydroxyl groups is 1. The highest BCUT2D eigenvalue weighted by atomic mass is 16.5. The number of rotatable bonds is 4. The molecule has 0 saturated carbocycles. The van der Waals surface area contributed by atoms with Crippen LogP contribution in [0.3, 0.4) is 0 Å². The van der Waals surface area contributed by atoms with Crippen LogP contribution in [0.25, 0.3) is 0 Å². The van der Waals surface area contributed by atoms with Gasteiger partial charge < -0.3 is 15.2 Å². The second kappa shape index (κ2) is 5.15. The van der Waals surface area contributed by atoms with Crippen LogP contribution in [0, 0.1) is 0 Å². The number of nitrogens with zero attached hydrogens (tertiary/aromatic N) is 1. The van der Waals surface area contributed by atoms with Crippen molar-refractivity contribution in [3.8, 4) is 0 Å². The maximum Gasteiger partial charge on any atom is 0.330 e. The summed E-state index contributed by atoms with van der Waals surface area (Å²) in [6.45, 7) is -0.117. The number of amides is 1. The van der Waals surface area contributed by atoms with Crippen molar-refractivity contribution < 1.29 is 14.6 Å². The van der Waals surface area contributed by atoms with Crippen molar-refractivity contribution in [1.82, 2.24) is 9.55 Å². The smallest absolute Gasteiger partial charge is 0.330 e. The molecular formula is C10H13N3O5. The highest BCUT2D eigenvalue weighted by molar-refractivity contribution is 5.69. The molecule has 1 amide bonds. The Morgan fingerprint density at radius 2 is 2.33 bits per heavy atom. The van der Waals surface area contributed by atoms with Crippen LogP contribution < -0.4 is 16.6 Å². The number of carbonyl (C=O) groups is 1. The molecule has 0 unspecified atom stereocenters. The zero-order valence-corrected chi connectivity index (χ0v) is 9.46. The van der Waals surface area contributed by atoms with E-state index in [0.717, 1.165) is 0 Å². The third-order valence-corrected chi connectivity index (χ3v) is 2.78. The number of anilines is 1. The van der Waals surface area contributed by atoms with Crippen molar-refractivity contribution in [2.24, 2.45) is 0 Å². The quantitative estimate of drug-likeness (QED) is 0.583. The molecule has 0 aromatic carbocycles. The minimum absolute atomic E-state index is 0.0272. The van der Waals surface area contributed by atoms with Gasteiger partial charge in [0.1, 0.15) is 11.9 Å². The average molecular weight is 255 g/mol. The Bertz CT molecular complexity index is 549. The van der Waals surface area contributed by atoms with Crippen LogP contribution >= 0.6 is 0 Å². The maximum atomic E-state index is 11.6. The van der Waals surface area contributed by atoms with E-state index in [1.807, 2.05) is 0 Å². The van der Waals surface area contributed by atoms with E-state index in [9.17, 15) is 14.4 Å². The van der Waals surface area contributed by atoms with E-state index in [-0.39, 0.29) is 18.4 Å². The van der Waals surface area contributed by atoms with Gasteiger partial charge in [0.05, 0.1) is 12.7 Å². The molecule has 8 nitrogen and oxygen atoms in total. The molecule has 0 bridgehead atoms. The lowest BCUT2D eigenvalue weighted by molar-refractivity contribution is -0.105. The topological polar surface area (TPSA) is 113 Å². The molecule has 1 fully saturated rings. The van der Waals surface area contributed by atoms with Crippen molar-refractivity contribution >= 4 is 12.1 Å². The summed E-state index contributed by atoms with van der Waals surface area (Å²) < 4.78 is 6.62. The first-order chi connectivity index (χ1) is 8.65. The lowest BCUT2D eigenvalue weighted by Crippen LogP contribution is -2.33. The van der Waals surface area contributed by atoms with Crippen molar-refractivity contribution in [3.05, 3.63) is 27.0 Å². The zero-order valence-electron chi connectivity index (χ0n) is 9.46. The van der Waals surface area contributed by atoms with Gasteiger partial charge in [0.25, 0.3) is 5.56 Å². The molecule has 0 spiro atoms. The number of aromatic nitrogens is 2. The van der Waals surface area contributed by atoms with E-state index in [1.165, 1.54) is 10.8 Å². The van der Waals surface area contributed by atoms with Gasteiger partial charge in [-0.15, -0.1) is 0 Å². The van der Waals surface area contributed by atoms with Gasteiger partial charge >= 0.3 is 5.69 Å². The predicted octanol–water partition coefficient (Wildman–Crippen LogP) is -1.23. The average Bonchev–Trinajstić information content (AvgIpc) is 2.81. The van der Waals surface area contributed by atoms with Crippen LogP contribution in [-0.2, 0) is 9.53 Å². The number of carbonyl (C=O) groups excluding carboxylic acids is 1. The summed E-state index contributed by atoms with van der Waals surface area (Å²) in [5, 5.41) is 11.2. The van der Waals surface area contributed by atoms with E-state index in [4.69, 9.17) is 9.84 Å². The SMILES string of the molecule is O=CNc1cn([C@H]2CC[C@@H](CO)O2)c(=O)[nH]c1=O. The molecular weight excluding hydrogens is 242 g/mol. The molecule has 2 rings (SSSR count). The number of aromatic amines is 1. The monoisotopic (exact) mass is 255 g/mol. The summed E-state index contributed by atoms with van der Waals surface area (Å²) in [6, 6.07) is 0. The van der Waals surface area contributed by atoms with Crippen LogP contribution in [0.5, 0.6) is 0 Å². The van der Waals surface area contributed by atoms with Crippen molar-refractivity contribution in [2.75, 3.05) is 11.9 Å². The number of H-pyrrole nitrogens is 1. The fourth-order valence-corrected chi connectivity index (χ4v) is 1.89. The Balaban J connectivity index is 2.33. The van der Waals surface area contributed by atoms with Crippen LogP contribution in [0.1, 0.15) is 19.1 Å². The van der Waals surface area contributed by atoms with Crippen molar-refractivity contribution in [3.63, 3.8) is 0 Å². The number of aliphatic hydroxyl groups excluding tert-OH is 1. The molecule has 18 heavy (non-hydrogen) atoms. The first-order valence-electron chi connectivity index (χ1n) is 5.47. The van der Waals surface area contributed by atoms with Gasteiger partial charge in [0.2, 0.25) is 6.41 Å². The lowest BCUT2D eigenvalue weighted by atomic mass is 10.2. The van der Waals surface area contributed by atoms with Gasteiger partial charge in [-0.25, -0.2) is 4.79 Å². The van der Waals surface area contributed by atoms with E-state index < -0.39 is 17.5 Å². The van der Waals surface area contributed by atoms with Gasteiger partial charge in [-0.3, -0.25) is 19.1 Å². The van der Waals surface area contributed by atoms with E-state index >= 15 is 0 Å². The standard InChI is InChI=1S/C10H13N3O5/c14-4-6-1-2-8(18-6)13-3-7(11-5-15)9(16)12-10(13)17/h3,5-6,8,14H,1-2,4H2,(H,11,15)(H,12,16,17)/t6-,8+/m0/s1. The number of nitrogens with one attached hydrogen (secondary N) is 2. The summed E-state index contributed by atoms with van der Waals surface area (Å²) in [5.74, 6) is 0.